The van der Waals surface area contributed by atoms with Gasteiger partial charge in [-0.25, -0.2) is 0 Å². The van der Waals surface area contributed by atoms with E-state index in [1.807, 2.05) is 54.6 Å². The average molecular weight is 345 g/mol. The summed E-state index contributed by atoms with van der Waals surface area (Å²) in [6, 6.07) is 23.6. The number of hydrogen-bond donors (Lipinski definition) is 1. The number of nitrogens with zero attached hydrogens (tertiary/aromatic N) is 1. The molecule has 3 aromatic carbocycles. The number of aliphatic hydroxyl groups excluding tert-OH is 1. The van der Waals surface area contributed by atoms with E-state index >= 15 is 0 Å². The summed E-state index contributed by atoms with van der Waals surface area (Å²) in [5.74, 6) is 0.355. The monoisotopic (exact) mass is 345 g/mol. The number of rotatable bonds is 4. The molecule has 26 heavy (non-hydrogen) atoms. The molecule has 1 N–H and O–H groups in total. The van der Waals surface area contributed by atoms with Crippen molar-refractivity contribution in [3.63, 3.8) is 0 Å². The molecule has 5 heteroatoms. The third kappa shape index (κ3) is 2.96. The third-order valence-corrected chi connectivity index (χ3v) is 4.33. The molecule has 0 saturated heterocycles. The SMILES string of the molecule is O=[N+]([O-])c1ccc2oc([C@@H](O)c3ccc(-c4ccccc4)cc3)cc2c1. The summed E-state index contributed by atoms with van der Waals surface area (Å²) < 4.78 is 5.66. The number of fused-ring (bicyclic) bond motifs is 1. The molecular weight excluding hydrogens is 330 g/mol. The molecule has 0 aliphatic carbocycles. The van der Waals surface area contributed by atoms with Gasteiger partial charge < -0.3 is 9.52 Å². The molecule has 0 unspecified atom stereocenters. The minimum atomic E-state index is -0.939. The van der Waals surface area contributed by atoms with E-state index in [2.05, 4.69) is 0 Å². The Labute approximate surface area is 149 Å². The summed E-state index contributed by atoms with van der Waals surface area (Å²) in [7, 11) is 0. The van der Waals surface area contributed by atoms with Gasteiger partial charge in [0.1, 0.15) is 17.4 Å². The quantitative estimate of drug-likeness (QED) is 0.413. The summed E-state index contributed by atoms with van der Waals surface area (Å²) in [6.45, 7) is 0. The topological polar surface area (TPSA) is 76.5 Å². The van der Waals surface area contributed by atoms with Crippen LogP contribution in [0.3, 0.4) is 0 Å². The third-order valence-electron chi connectivity index (χ3n) is 4.33. The molecule has 1 aromatic heterocycles. The van der Waals surface area contributed by atoms with Crippen LogP contribution < -0.4 is 0 Å². The fourth-order valence-electron chi connectivity index (χ4n) is 2.95. The predicted molar refractivity (Wildman–Crippen MR) is 98.8 cm³/mol. The highest BCUT2D eigenvalue weighted by Crippen LogP contribution is 2.31. The van der Waals surface area contributed by atoms with E-state index in [4.69, 9.17) is 4.42 Å². The van der Waals surface area contributed by atoms with E-state index in [1.54, 1.807) is 12.1 Å². The maximum absolute atomic E-state index is 10.9. The van der Waals surface area contributed by atoms with Crippen LogP contribution in [-0.4, -0.2) is 10.0 Å². The van der Waals surface area contributed by atoms with E-state index in [9.17, 15) is 15.2 Å². The first kappa shape index (κ1) is 16.1. The average Bonchev–Trinajstić information content (AvgIpc) is 3.11. The number of non-ortho nitro benzene ring substituents is 1. The van der Waals surface area contributed by atoms with Gasteiger partial charge in [0.05, 0.1) is 4.92 Å². The molecule has 0 saturated carbocycles. The van der Waals surface area contributed by atoms with E-state index in [0.29, 0.717) is 22.3 Å². The molecule has 0 fully saturated rings. The molecule has 1 heterocycles. The van der Waals surface area contributed by atoms with Crippen LogP contribution in [0.1, 0.15) is 17.4 Å². The fraction of sp³-hybridized carbons (Fsp3) is 0.0476. The maximum atomic E-state index is 10.9. The standard InChI is InChI=1S/C21H15NO4/c23-21(16-8-6-15(7-9-16)14-4-2-1-3-5-14)20-13-17-12-18(22(24)25)10-11-19(17)26-20/h1-13,21,23H/t21-/m0/s1. The lowest BCUT2D eigenvalue weighted by atomic mass is 10.0. The van der Waals surface area contributed by atoms with E-state index < -0.39 is 11.0 Å². The van der Waals surface area contributed by atoms with Gasteiger partial charge in [0.2, 0.25) is 0 Å². The number of furan rings is 1. The Balaban J connectivity index is 1.64. The van der Waals surface area contributed by atoms with Crippen LogP contribution >= 0.6 is 0 Å². The normalized spacial score (nSPS) is 12.2. The summed E-state index contributed by atoms with van der Waals surface area (Å²) in [6.07, 6.45) is -0.939. The zero-order valence-electron chi connectivity index (χ0n) is 13.7. The zero-order valence-corrected chi connectivity index (χ0v) is 13.7. The van der Waals surface area contributed by atoms with Crippen LogP contribution in [-0.2, 0) is 0 Å². The second-order valence-corrected chi connectivity index (χ2v) is 6.02. The van der Waals surface area contributed by atoms with Crippen molar-refractivity contribution < 1.29 is 14.4 Å². The zero-order chi connectivity index (χ0) is 18.1. The Morgan fingerprint density at radius 2 is 1.58 bits per heavy atom. The molecular formula is C21H15NO4. The van der Waals surface area contributed by atoms with Crippen molar-refractivity contribution >= 4 is 16.7 Å². The number of aliphatic hydroxyl groups is 1. The minimum absolute atomic E-state index is 0.00782. The van der Waals surface area contributed by atoms with Crippen LogP contribution in [0.25, 0.3) is 22.1 Å². The molecule has 0 aliphatic heterocycles. The lowest BCUT2D eigenvalue weighted by Crippen LogP contribution is -1.97. The first-order chi connectivity index (χ1) is 12.6. The van der Waals surface area contributed by atoms with E-state index in [-0.39, 0.29) is 5.69 Å². The van der Waals surface area contributed by atoms with Gasteiger partial charge in [0, 0.05) is 17.5 Å². The molecule has 0 spiro atoms. The second-order valence-electron chi connectivity index (χ2n) is 6.02. The number of nitro benzene ring substituents is 1. The van der Waals surface area contributed by atoms with Crippen LogP contribution in [0.5, 0.6) is 0 Å². The van der Waals surface area contributed by atoms with Gasteiger partial charge in [0.25, 0.3) is 5.69 Å². The van der Waals surface area contributed by atoms with Crippen molar-refractivity contribution in [2.75, 3.05) is 0 Å². The molecule has 0 aliphatic rings. The van der Waals surface area contributed by atoms with Gasteiger partial charge in [-0.15, -0.1) is 0 Å². The lowest BCUT2D eigenvalue weighted by Gasteiger charge is -2.09. The summed E-state index contributed by atoms with van der Waals surface area (Å²) >= 11 is 0. The molecule has 4 rings (SSSR count). The fourth-order valence-corrected chi connectivity index (χ4v) is 2.95. The molecule has 0 bridgehead atoms. The maximum Gasteiger partial charge on any atom is 0.270 e. The highest BCUT2D eigenvalue weighted by atomic mass is 16.6. The van der Waals surface area contributed by atoms with Gasteiger partial charge in [0.15, 0.2) is 0 Å². The van der Waals surface area contributed by atoms with E-state index in [1.165, 1.54) is 12.1 Å². The van der Waals surface area contributed by atoms with Crippen molar-refractivity contribution in [2.45, 2.75) is 6.10 Å². The summed E-state index contributed by atoms with van der Waals surface area (Å²) in [5.41, 5.74) is 3.35. The van der Waals surface area contributed by atoms with E-state index in [0.717, 1.165) is 11.1 Å². The van der Waals surface area contributed by atoms with Gasteiger partial charge in [-0.2, -0.15) is 0 Å². The lowest BCUT2D eigenvalue weighted by molar-refractivity contribution is -0.384. The Morgan fingerprint density at radius 1 is 0.885 bits per heavy atom. The summed E-state index contributed by atoms with van der Waals surface area (Å²) in [5, 5.41) is 22.1. The van der Waals surface area contributed by atoms with Gasteiger partial charge in [-0.1, -0.05) is 54.6 Å². The van der Waals surface area contributed by atoms with Crippen LogP contribution in [0.2, 0.25) is 0 Å². The Kier molecular flexibility index (Phi) is 3.99. The van der Waals surface area contributed by atoms with Gasteiger partial charge in [-0.3, -0.25) is 10.1 Å². The largest absolute Gasteiger partial charge is 0.458 e. The molecule has 0 radical (unpaired) electrons. The first-order valence-electron chi connectivity index (χ1n) is 8.13. The molecule has 0 amide bonds. The number of benzene rings is 3. The molecule has 1 atom stereocenters. The molecule has 128 valence electrons. The second kappa shape index (κ2) is 6.46. The number of hydrogen-bond acceptors (Lipinski definition) is 4. The Bertz CT molecular complexity index is 1070. The van der Waals surface area contributed by atoms with Crippen molar-refractivity contribution in [3.05, 3.63) is 100 Å². The van der Waals surface area contributed by atoms with Crippen molar-refractivity contribution in [1.82, 2.24) is 0 Å². The predicted octanol–water partition coefficient (Wildman–Crippen LogP) is 5.09. The molecule has 4 aromatic rings. The minimum Gasteiger partial charge on any atom is -0.458 e. The van der Waals surface area contributed by atoms with Crippen LogP contribution in [0.15, 0.2) is 83.3 Å². The van der Waals surface area contributed by atoms with Crippen LogP contribution in [0.4, 0.5) is 5.69 Å². The Morgan fingerprint density at radius 3 is 2.27 bits per heavy atom. The molecule has 5 nitrogen and oxygen atoms in total. The van der Waals surface area contributed by atoms with Crippen molar-refractivity contribution in [2.24, 2.45) is 0 Å². The van der Waals surface area contributed by atoms with Crippen LogP contribution in [0, 0.1) is 10.1 Å². The van der Waals surface area contributed by atoms with Crippen molar-refractivity contribution in [3.8, 4) is 11.1 Å². The van der Waals surface area contributed by atoms with Gasteiger partial charge in [-0.05, 0) is 28.8 Å². The van der Waals surface area contributed by atoms with Gasteiger partial charge >= 0.3 is 0 Å². The highest BCUT2D eigenvalue weighted by molar-refractivity contribution is 5.80. The first-order valence-corrected chi connectivity index (χ1v) is 8.13. The summed E-state index contributed by atoms with van der Waals surface area (Å²) in [4.78, 5) is 10.4. The highest BCUT2D eigenvalue weighted by Gasteiger charge is 2.17. The Hall–Kier alpha value is -3.44. The smallest absolute Gasteiger partial charge is 0.270 e. The van der Waals surface area contributed by atoms with Crippen molar-refractivity contribution in [1.29, 1.82) is 0 Å². The number of nitro groups is 1.